The quantitative estimate of drug-likeness (QED) is 0.815. The first-order valence-electron chi connectivity index (χ1n) is 7.06. The van der Waals surface area contributed by atoms with Crippen molar-refractivity contribution in [3.63, 3.8) is 0 Å². The molecule has 0 spiro atoms. The molecule has 1 atom stereocenters. The van der Waals surface area contributed by atoms with Gasteiger partial charge in [-0.15, -0.1) is 0 Å². The predicted octanol–water partition coefficient (Wildman–Crippen LogP) is 4.69. The van der Waals surface area contributed by atoms with Crippen molar-refractivity contribution in [3.05, 3.63) is 63.9 Å². The summed E-state index contributed by atoms with van der Waals surface area (Å²) in [6.45, 7) is 5.41. The molecule has 0 heterocycles. The molecule has 2 nitrogen and oxygen atoms in total. The van der Waals surface area contributed by atoms with Crippen molar-refractivity contribution in [1.82, 2.24) is 5.32 Å². The maximum atomic E-state index is 13.5. The summed E-state index contributed by atoms with van der Waals surface area (Å²) < 4.78 is 19.9. The molecule has 2 rings (SSSR count). The number of rotatable bonds is 6. The fraction of sp³-hybridized carbons (Fsp3) is 0.294. The minimum atomic E-state index is -0.222. The van der Waals surface area contributed by atoms with E-state index in [2.05, 4.69) is 21.2 Å². The second kappa shape index (κ2) is 7.57. The molecule has 4 heteroatoms. The Hall–Kier alpha value is -1.39. The van der Waals surface area contributed by atoms with E-state index in [1.165, 1.54) is 6.07 Å². The lowest BCUT2D eigenvalue weighted by molar-refractivity contribution is 0.338. The Morgan fingerprint density at radius 2 is 1.90 bits per heavy atom. The number of hydrogen-bond acceptors (Lipinski definition) is 2. The normalized spacial score (nSPS) is 12.2. The zero-order valence-corrected chi connectivity index (χ0v) is 13.8. The van der Waals surface area contributed by atoms with Crippen LogP contribution >= 0.6 is 15.9 Å². The third-order valence-electron chi connectivity index (χ3n) is 3.18. The van der Waals surface area contributed by atoms with Gasteiger partial charge in [0.05, 0.1) is 17.1 Å². The lowest BCUT2D eigenvalue weighted by atomic mass is 9.98. The molecule has 112 valence electrons. The highest BCUT2D eigenvalue weighted by Gasteiger charge is 2.15. The predicted molar refractivity (Wildman–Crippen MR) is 87.2 cm³/mol. The van der Waals surface area contributed by atoms with E-state index in [0.29, 0.717) is 6.61 Å². The second-order valence-corrected chi connectivity index (χ2v) is 5.52. The molecule has 0 aliphatic heterocycles. The van der Waals surface area contributed by atoms with E-state index in [9.17, 15) is 4.39 Å². The molecule has 0 aliphatic carbocycles. The lowest BCUT2D eigenvalue weighted by Gasteiger charge is -2.20. The van der Waals surface area contributed by atoms with Crippen LogP contribution in [-0.2, 0) is 0 Å². The van der Waals surface area contributed by atoms with E-state index in [-0.39, 0.29) is 11.9 Å². The minimum Gasteiger partial charge on any atom is -0.493 e. The molecule has 0 aromatic heterocycles. The average molecular weight is 352 g/mol. The van der Waals surface area contributed by atoms with Crippen LogP contribution in [0.2, 0.25) is 0 Å². The van der Waals surface area contributed by atoms with Gasteiger partial charge in [0.2, 0.25) is 0 Å². The van der Waals surface area contributed by atoms with Crippen LogP contribution in [0.4, 0.5) is 4.39 Å². The van der Waals surface area contributed by atoms with E-state index in [0.717, 1.165) is 27.9 Å². The van der Waals surface area contributed by atoms with Crippen molar-refractivity contribution in [1.29, 1.82) is 0 Å². The third kappa shape index (κ3) is 4.05. The molecule has 2 aromatic rings. The first kappa shape index (κ1) is 16.0. The van der Waals surface area contributed by atoms with Crippen LogP contribution in [0.25, 0.3) is 0 Å². The van der Waals surface area contributed by atoms with Gasteiger partial charge in [-0.2, -0.15) is 0 Å². The number of benzene rings is 2. The highest BCUT2D eigenvalue weighted by Crippen LogP contribution is 2.31. The summed E-state index contributed by atoms with van der Waals surface area (Å²) in [5.74, 6) is 0.594. The molecular formula is C17H19BrFNO. The monoisotopic (exact) mass is 351 g/mol. The summed E-state index contributed by atoms with van der Waals surface area (Å²) in [5, 5.41) is 3.39. The van der Waals surface area contributed by atoms with Gasteiger partial charge in [0, 0.05) is 0 Å². The van der Waals surface area contributed by atoms with Crippen LogP contribution in [0, 0.1) is 5.82 Å². The van der Waals surface area contributed by atoms with Crippen LogP contribution in [0.15, 0.2) is 46.9 Å². The molecule has 2 aromatic carbocycles. The van der Waals surface area contributed by atoms with Gasteiger partial charge >= 0.3 is 0 Å². The van der Waals surface area contributed by atoms with E-state index in [1.807, 2.05) is 38.1 Å². The standard InChI is InChI=1S/C17H19BrFNO/c1-3-20-17(12-6-5-7-14(19)10-12)13-8-9-16(21-4-2)15(18)11-13/h5-11,17,20H,3-4H2,1-2H3. The number of nitrogens with one attached hydrogen (secondary N) is 1. The van der Waals surface area contributed by atoms with Crippen molar-refractivity contribution in [2.75, 3.05) is 13.2 Å². The summed E-state index contributed by atoms with van der Waals surface area (Å²) in [4.78, 5) is 0. The largest absolute Gasteiger partial charge is 0.493 e. The Balaban J connectivity index is 2.36. The summed E-state index contributed by atoms with van der Waals surface area (Å²) in [5.41, 5.74) is 1.98. The molecule has 0 aliphatic rings. The van der Waals surface area contributed by atoms with E-state index < -0.39 is 0 Å². The van der Waals surface area contributed by atoms with Crippen molar-refractivity contribution in [2.45, 2.75) is 19.9 Å². The molecule has 0 saturated heterocycles. The van der Waals surface area contributed by atoms with Gasteiger partial charge in [-0.1, -0.05) is 25.1 Å². The Labute approximate surface area is 133 Å². The topological polar surface area (TPSA) is 21.3 Å². The maximum Gasteiger partial charge on any atom is 0.133 e. The molecule has 0 amide bonds. The van der Waals surface area contributed by atoms with Crippen molar-refractivity contribution < 1.29 is 9.13 Å². The molecule has 0 fully saturated rings. The van der Waals surface area contributed by atoms with E-state index in [4.69, 9.17) is 4.74 Å². The van der Waals surface area contributed by atoms with Gasteiger partial charge in [-0.05, 0) is 64.8 Å². The van der Waals surface area contributed by atoms with Gasteiger partial charge in [-0.25, -0.2) is 4.39 Å². The molecule has 1 N–H and O–H groups in total. The van der Waals surface area contributed by atoms with Crippen LogP contribution in [0.3, 0.4) is 0 Å². The fourth-order valence-corrected chi connectivity index (χ4v) is 2.80. The van der Waals surface area contributed by atoms with Crippen LogP contribution < -0.4 is 10.1 Å². The van der Waals surface area contributed by atoms with Gasteiger partial charge in [0.25, 0.3) is 0 Å². The smallest absolute Gasteiger partial charge is 0.133 e. The number of halogens is 2. The van der Waals surface area contributed by atoms with Gasteiger partial charge in [-0.3, -0.25) is 0 Å². The van der Waals surface area contributed by atoms with Gasteiger partial charge in [0.1, 0.15) is 11.6 Å². The highest BCUT2D eigenvalue weighted by molar-refractivity contribution is 9.10. The summed E-state index contributed by atoms with van der Waals surface area (Å²) in [6.07, 6.45) is 0. The molecule has 1 unspecified atom stereocenters. The first-order valence-corrected chi connectivity index (χ1v) is 7.86. The van der Waals surface area contributed by atoms with Crippen molar-refractivity contribution >= 4 is 15.9 Å². The van der Waals surface area contributed by atoms with Crippen molar-refractivity contribution in [3.8, 4) is 5.75 Å². The minimum absolute atomic E-state index is 0.0438. The highest BCUT2D eigenvalue weighted by atomic mass is 79.9. The first-order chi connectivity index (χ1) is 10.2. The summed E-state index contributed by atoms with van der Waals surface area (Å²) in [7, 11) is 0. The second-order valence-electron chi connectivity index (χ2n) is 4.67. The van der Waals surface area contributed by atoms with Crippen LogP contribution in [0.5, 0.6) is 5.75 Å². The Morgan fingerprint density at radius 3 is 2.52 bits per heavy atom. The van der Waals surface area contributed by atoms with Crippen LogP contribution in [0.1, 0.15) is 31.0 Å². The van der Waals surface area contributed by atoms with Crippen LogP contribution in [-0.4, -0.2) is 13.2 Å². The zero-order chi connectivity index (χ0) is 15.2. The molecule has 0 saturated carbocycles. The molecular weight excluding hydrogens is 333 g/mol. The summed E-state index contributed by atoms with van der Waals surface area (Å²) in [6, 6.07) is 12.6. The molecule has 21 heavy (non-hydrogen) atoms. The van der Waals surface area contributed by atoms with E-state index >= 15 is 0 Å². The Bertz CT molecular complexity index is 603. The van der Waals surface area contributed by atoms with E-state index in [1.54, 1.807) is 12.1 Å². The molecule has 0 bridgehead atoms. The van der Waals surface area contributed by atoms with Crippen molar-refractivity contribution in [2.24, 2.45) is 0 Å². The molecule has 0 radical (unpaired) electrons. The van der Waals surface area contributed by atoms with Gasteiger partial charge in [0.15, 0.2) is 0 Å². The Morgan fingerprint density at radius 1 is 1.14 bits per heavy atom. The number of hydrogen-bond donors (Lipinski definition) is 1. The summed E-state index contributed by atoms with van der Waals surface area (Å²) >= 11 is 3.53. The van der Waals surface area contributed by atoms with Gasteiger partial charge < -0.3 is 10.1 Å². The fourth-order valence-electron chi connectivity index (χ4n) is 2.29. The average Bonchev–Trinajstić information content (AvgIpc) is 2.47. The maximum absolute atomic E-state index is 13.5. The third-order valence-corrected chi connectivity index (χ3v) is 3.80. The number of ether oxygens (including phenoxy) is 1. The SMILES string of the molecule is CCNC(c1cccc(F)c1)c1ccc(OCC)c(Br)c1. The zero-order valence-electron chi connectivity index (χ0n) is 12.2. The lowest BCUT2D eigenvalue weighted by Crippen LogP contribution is -2.22. The Kier molecular flexibility index (Phi) is 5.76.